The summed E-state index contributed by atoms with van der Waals surface area (Å²) in [4.78, 5) is 12.2. The summed E-state index contributed by atoms with van der Waals surface area (Å²) in [7, 11) is -3.70. The molecule has 0 fully saturated rings. The molecule has 0 radical (unpaired) electrons. The van der Waals surface area contributed by atoms with Crippen LogP contribution in [0.4, 0.5) is 0 Å². The fraction of sp³-hybridized carbons (Fsp3) is 0.714. The van der Waals surface area contributed by atoms with Crippen molar-refractivity contribution in [1.82, 2.24) is 9.88 Å². The minimum Gasteiger partial charge on any atom is -0.360 e. The third-order valence-electron chi connectivity index (χ3n) is 3.21. The van der Waals surface area contributed by atoms with Crippen molar-refractivity contribution >= 4 is 15.9 Å². The number of hydrogen-bond donors (Lipinski definition) is 1. The average Bonchev–Trinajstić information content (AvgIpc) is 2.69. The van der Waals surface area contributed by atoms with Gasteiger partial charge in [0.2, 0.25) is 10.0 Å². The van der Waals surface area contributed by atoms with Gasteiger partial charge in [-0.2, -0.15) is 0 Å². The summed E-state index contributed by atoms with van der Waals surface area (Å²) in [6.45, 7) is 9.06. The summed E-state index contributed by atoms with van der Waals surface area (Å²) in [5, 5.41) is 3.12. The van der Waals surface area contributed by atoms with Crippen molar-refractivity contribution in [2.24, 2.45) is 5.92 Å². The first kappa shape index (κ1) is 17.7. The van der Waals surface area contributed by atoms with E-state index in [1.54, 1.807) is 13.8 Å². The highest BCUT2D eigenvalue weighted by Gasteiger charge is 2.28. The van der Waals surface area contributed by atoms with Crippen LogP contribution in [0.1, 0.15) is 62.3 Å². The highest BCUT2D eigenvalue weighted by Crippen LogP contribution is 2.17. The molecular weight excluding hydrogens is 292 g/mol. The second-order valence-corrected chi connectivity index (χ2v) is 7.83. The van der Waals surface area contributed by atoms with E-state index in [4.69, 9.17) is 4.52 Å². The van der Waals surface area contributed by atoms with Crippen molar-refractivity contribution in [3.8, 4) is 0 Å². The van der Waals surface area contributed by atoms with Crippen LogP contribution in [0.2, 0.25) is 0 Å². The fourth-order valence-corrected chi connectivity index (χ4v) is 3.38. The van der Waals surface area contributed by atoms with Gasteiger partial charge in [0.1, 0.15) is 11.3 Å². The summed E-state index contributed by atoms with van der Waals surface area (Å²) in [6.07, 6.45) is 1.82. The Balaban J connectivity index is 2.93. The van der Waals surface area contributed by atoms with E-state index < -0.39 is 21.2 Å². The monoisotopic (exact) mass is 316 g/mol. The molecule has 1 rings (SSSR count). The Hall–Kier alpha value is -1.37. The summed E-state index contributed by atoms with van der Waals surface area (Å²) in [5.41, 5.74) is 0.639. The number of nitrogens with one attached hydrogen (secondary N) is 1. The maximum absolute atomic E-state index is 12.2. The van der Waals surface area contributed by atoms with Crippen LogP contribution in [0.3, 0.4) is 0 Å². The zero-order valence-corrected chi connectivity index (χ0v) is 14.1. The van der Waals surface area contributed by atoms with Crippen molar-refractivity contribution < 1.29 is 17.7 Å². The number of aryl methyl sites for hydroxylation is 2. The molecule has 0 bridgehead atoms. The van der Waals surface area contributed by atoms with E-state index in [2.05, 4.69) is 9.88 Å². The fourth-order valence-electron chi connectivity index (χ4n) is 2.18. The van der Waals surface area contributed by atoms with E-state index in [0.29, 0.717) is 24.3 Å². The number of rotatable bonds is 7. The predicted molar refractivity (Wildman–Crippen MR) is 80.5 cm³/mol. The molecule has 0 spiro atoms. The second kappa shape index (κ2) is 7.06. The van der Waals surface area contributed by atoms with Crippen LogP contribution in [0.15, 0.2) is 4.52 Å². The summed E-state index contributed by atoms with van der Waals surface area (Å²) >= 11 is 0. The quantitative estimate of drug-likeness (QED) is 0.834. The van der Waals surface area contributed by atoms with Crippen LogP contribution in [-0.2, 0) is 16.4 Å². The number of aromatic nitrogens is 1. The molecule has 0 aromatic carbocycles. The molecule has 1 aromatic rings. The van der Waals surface area contributed by atoms with E-state index >= 15 is 0 Å². The minimum atomic E-state index is -3.70. The third kappa shape index (κ3) is 4.56. The molecule has 6 nitrogen and oxygen atoms in total. The van der Waals surface area contributed by atoms with Crippen molar-refractivity contribution in [1.29, 1.82) is 0 Å². The van der Waals surface area contributed by atoms with Crippen LogP contribution in [-0.4, -0.2) is 24.7 Å². The number of carbonyl (C=O) groups is 1. The Labute approximate surface area is 126 Å². The highest BCUT2D eigenvalue weighted by molar-refractivity contribution is 7.90. The number of hydrogen-bond acceptors (Lipinski definition) is 5. The van der Waals surface area contributed by atoms with E-state index in [9.17, 15) is 13.2 Å². The molecule has 1 atom stereocenters. The van der Waals surface area contributed by atoms with Gasteiger partial charge in [0.25, 0.3) is 5.91 Å². The molecular formula is C14H24N2O4S. The summed E-state index contributed by atoms with van der Waals surface area (Å²) in [5.74, 6) is 0.00618. The minimum absolute atomic E-state index is 0.233. The van der Waals surface area contributed by atoms with Crippen molar-refractivity contribution in [3.05, 3.63) is 17.0 Å². The van der Waals surface area contributed by atoms with Gasteiger partial charge in [-0.15, -0.1) is 0 Å². The lowest BCUT2D eigenvalue weighted by atomic mass is 10.1. The largest absolute Gasteiger partial charge is 0.360 e. The molecule has 1 heterocycles. The number of sulfonamides is 1. The van der Waals surface area contributed by atoms with E-state index in [0.717, 1.165) is 6.42 Å². The van der Waals surface area contributed by atoms with Crippen molar-refractivity contribution in [3.63, 3.8) is 0 Å². The number of nitrogens with zero attached hydrogens (tertiary/aromatic N) is 1. The summed E-state index contributed by atoms with van der Waals surface area (Å²) < 4.78 is 31.6. The van der Waals surface area contributed by atoms with Gasteiger partial charge in [-0.1, -0.05) is 25.9 Å². The van der Waals surface area contributed by atoms with Gasteiger partial charge in [0.05, 0.1) is 10.9 Å². The standard InChI is InChI=1S/C14H24N2O4S/c1-6-7-12-13(11(5)15-20-12)14(17)16-21(18,19)10(4)8-9(2)3/h9-10H,6-8H2,1-5H3,(H,16,17)/t10-/m1/s1. The van der Waals surface area contributed by atoms with Crippen LogP contribution in [0.5, 0.6) is 0 Å². The molecule has 0 aliphatic carbocycles. The van der Waals surface area contributed by atoms with Gasteiger partial charge >= 0.3 is 0 Å². The first-order valence-corrected chi connectivity index (χ1v) is 8.74. The van der Waals surface area contributed by atoms with Gasteiger partial charge in [-0.25, -0.2) is 13.1 Å². The average molecular weight is 316 g/mol. The van der Waals surface area contributed by atoms with Crippen LogP contribution in [0, 0.1) is 12.8 Å². The van der Waals surface area contributed by atoms with E-state index in [1.165, 1.54) is 0 Å². The van der Waals surface area contributed by atoms with Gasteiger partial charge in [-0.05, 0) is 32.6 Å². The zero-order chi connectivity index (χ0) is 16.2. The normalized spacial score (nSPS) is 13.4. The molecule has 120 valence electrons. The lowest BCUT2D eigenvalue weighted by Gasteiger charge is -2.15. The Morgan fingerprint density at radius 3 is 2.48 bits per heavy atom. The SMILES string of the molecule is CCCc1onc(C)c1C(=O)NS(=O)(=O)[C@H](C)CC(C)C. The van der Waals surface area contributed by atoms with Crippen LogP contribution in [0.25, 0.3) is 0 Å². The Bertz CT molecular complexity index is 590. The maximum Gasteiger partial charge on any atom is 0.270 e. The Morgan fingerprint density at radius 1 is 1.33 bits per heavy atom. The third-order valence-corrected chi connectivity index (χ3v) is 4.93. The lowest BCUT2D eigenvalue weighted by molar-refractivity contribution is 0.0978. The topological polar surface area (TPSA) is 89.3 Å². The zero-order valence-electron chi connectivity index (χ0n) is 13.3. The predicted octanol–water partition coefficient (Wildman–Crippen LogP) is 2.43. The smallest absolute Gasteiger partial charge is 0.270 e. The molecule has 0 saturated carbocycles. The van der Waals surface area contributed by atoms with E-state index in [-0.39, 0.29) is 11.5 Å². The van der Waals surface area contributed by atoms with Crippen LogP contribution >= 0.6 is 0 Å². The molecule has 1 N–H and O–H groups in total. The number of carbonyl (C=O) groups excluding carboxylic acids is 1. The maximum atomic E-state index is 12.2. The highest BCUT2D eigenvalue weighted by atomic mass is 32.2. The molecule has 1 aromatic heterocycles. The van der Waals surface area contributed by atoms with Crippen LogP contribution < -0.4 is 4.72 Å². The van der Waals surface area contributed by atoms with Crippen molar-refractivity contribution in [2.45, 2.75) is 59.1 Å². The van der Waals surface area contributed by atoms with Crippen molar-refractivity contribution in [2.75, 3.05) is 0 Å². The Kier molecular flexibility index (Phi) is 5.95. The molecule has 7 heteroatoms. The summed E-state index contributed by atoms with van der Waals surface area (Å²) in [6, 6.07) is 0. The van der Waals surface area contributed by atoms with Gasteiger partial charge in [-0.3, -0.25) is 4.79 Å². The Morgan fingerprint density at radius 2 is 1.95 bits per heavy atom. The first-order valence-electron chi connectivity index (χ1n) is 7.20. The lowest BCUT2D eigenvalue weighted by Crippen LogP contribution is -2.38. The number of amides is 1. The van der Waals surface area contributed by atoms with Gasteiger partial charge < -0.3 is 4.52 Å². The van der Waals surface area contributed by atoms with Gasteiger partial charge in [0.15, 0.2) is 0 Å². The molecule has 0 unspecified atom stereocenters. The molecule has 21 heavy (non-hydrogen) atoms. The molecule has 0 aliphatic heterocycles. The molecule has 0 aliphatic rings. The second-order valence-electron chi connectivity index (χ2n) is 5.73. The molecule has 1 amide bonds. The first-order chi connectivity index (χ1) is 9.69. The van der Waals surface area contributed by atoms with E-state index in [1.807, 2.05) is 20.8 Å². The molecule has 0 saturated heterocycles. The van der Waals surface area contributed by atoms with Gasteiger partial charge in [0, 0.05) is 6.42 Å².